The summed E-state index contributed by atoms with van der Waals surface area (Å²) in [5.74, 6) is 0.806. The van der Waals surface area contributed by atoms with Crippen molar-refractivity contribution in [1.82, 2.24) is 29.9 Å². The fraction of sp³-hybridized carbons (Fsp3) is 0.273. The highest BCUT2D eigenvalue weighted by Crippen LogP contribution is 2.22. The van der Waals surface area contributed by atoms with Crippen molar-refractivity contribution in [3.63, 3.8) is 0 Å². The van der Waals surface area contributed by atoms with E-state index in [0.29, 0.717) is 24.5 Å². The van der Waals surface area contributed by atoms with Crippen LogP contribution in [0.1, 0.15) is 16.1 Å². The van der Waals surface area contributed by atoms with Crippen LogP contribution < -0.4 is 4.90 Å². The zero-order valence-corrected chi connectivity index (χ0v) is 17.1. The summed E-state index contributed by atoms with van der Waals surface area (Å²) in [6, 6.07) is 7.50. The van der Waals surface area contributed by atoms with Crippen LogP contribution >= 0.6 is 0 Å². The van der Waals surface area contributed by atoms with Gasteiger partial charge in [0.05, 0.1) is 37.5 Å². The van der Waals surface area contributed by atoms with Crippen molar-refractivity contribution < 1.29 is 9.53 Å². The first-order chi connectivity index (χ1) is 15.2. The minimum absolute atomic E-state index is 0.00167. The van der Waals surface area contributed by atoms with Crippen molar-refractivity contribution in [3.05, 3.63) is 60.3 Å². The second kappa shape index (κ2) is 8.19. The van der Waals surface area contributed by atoms with E-state index in [-0.39, 0.29) is 12.2 Å². The fourth-order valence-corrected chi connectivity index (χ4v) is 3.62. The number of Topliss-reactive ketones (excluding diaryl/α,β-unsaturated/α-hetero) is 1. The van der Waals surface area contributed by atoms with Gasteiger partial charge in [-0.15, -0.1) is 5.10 Å². The van der Waals surface area contributed by atoms with Gasteiger partial charge < -0.3 is 9.64 Å². The number of aromatic nitrogens is 6. The summed E-state index contributed by atoms with van der Waals surface area (Å²) in [5, 5.41) is 9.01. The van der Waals surface area contributed by atoms with Crippen molar-refractivity contribution in [2.45, 2.75) is 6.42 Å². The number of carbonyl (C=O) groups is 1. The Hall–Kier alpha value is -3.72. The Morgan fingerprint density at radius 2 is 1.97 bits per heavy atom. The molecule has 0 N–H and O–H groups in total. The summed E-state index contributed by atoms with van der Waals surface area (Å²) >= 11 is 0. The van der Waals surface area contributed by atoms with Crippen LogP contribution in [0.25, 0.3) is 22.2 Å². The van der Waals surface area contributed by atoms with Crippen LogP contribution in [-0.2, 0) is 18.2 Å². The van der Waals surface area contributed by atoms with Crippen molar-refractivity contribution in [2.24, 2.45) is 7.05 Å². The standard InChI is InChI=1S/C22H21N7O2/c1-28-14-20(26-27-28)17-8-16-9-18(24-13-19(16)25-12-17)11-21(30)15-2-3-23-22(10-15)29-4-6-31-7-5-29/h2-3,8-10,12-14H,4-7,11H2,1H3. The lowest BCUT2D eigenvalue weighted by Gasteiger charge is -2.27. The first-order valence-electron chi connectivity index (χ1n) is 10.1. The van der Waals surface area contributed by atoms with Crippen molar-refractivity contribution >= 4 is 22.5 Å². The minimum atomic E-state index is 0.00167. The topological polar surface area (TPSA) is 98.9 Å². The monoisotopic (exact) mass is 415 g/mol. The quantitative estimate of drug-likeness (QED) is 0.457. The maximum absolute atomic E-state index is 12.9. The molecule has 0 saturated carbocycles. The Balaban J connectivity index is 1.37. The largest absolute Gasteiger partial charge is 0.378 e. The lowest BCUT2D eigenvalue weighted by molar-refractivity contribution is 0.0992. The normalized spacial score (nSPS) is 14.2. The Labute approximate surface area is 178 Å². The van der Waals surface area contributed by atoms with Gasteiger partial charge in [0.2, 0.25) is 0 Å². The third-order valence-corrected chi connectivity index (χ3v) is 5.27. The van der Waals surface area contributed by atoms with Crippen LogP contribution in [0.2, 0.25) is 0 Å². The average molecular weight is 415 g/mol. The van der Waals surface area contributed by atoms with Crippen molar-refractivity contribution in [2.75, 3.05) is 31.2 Å². The van der Waals surface area contributed by atoms with Gasteiger partial charge in [0, 0.05) is 54.7 Å². The molecule has 0 bridgehead atoms. The molecule has 0 amide bonds. The number of ketones is 1. The summed E-state index contributed by atoms with van der Waals surface area (Å²) < 4.78 is 7.04. The molecule has 31 heavy (non-hydrogen) atoms. The summed E-state index contributed by atoms with van der Waals surface area (Å²) in [4.78, 5) is 28.4. The zero-order chi connectivity index (χ0) is 21.2. The van der Waals surface area contributed by atoms with E-state index in [2.05, 4.69) is 30.2 Å². The van der Waals surface area contributed by atoms with Crippen LogP contribution in [0.3, 0.4) is 0 Å². The third-order valence-electron chi connectivity index (χ3n) is 5.27. The molecule has 1 saturated heterocycles. The fourth-order valence-electron chi connectivity index (χ4n) is 3.62. The Morgan fingerprint density at radius 3 is 2.77 bits per heavy atom. The smallest absolute Gasteiger partial charge is 0.169 e. The molecule has 5 heterocycles. The third kappa shape index (κ3) is 4.13. The molecule has 0 spiro atoms. The molecule has 0 atom stereocenters. The summed E-state index contributed by atoms with van der Waals surface area (Å²) in [6.07, 6.45) is 7.18. The van der Waals surface area contributed by atoms with Crippen LogP contribution in [0.15, 0.2) is 49.1 Å². The Bertz CT molecular complexity index is 1250. The molecule has 5 rings (SSSR count). The van der Waals surface area contributed by atoms with E-state index in [9.17, 15) is 4.79 Å². The van der Waals surface area contributed by atoms with E-state index >= 15 is 0 Å². The van der Waals surface area contributed by atoms with Gasteiger partial charge in [0.15, 0.2) is 5.78 Å². The molecular formula is C22H21N7O2. The van der Waals surface area contributed by atoms with Gasteiger partial charge in [0.1, 0.15) is 11.5 Å². The molecule has 0 radical (unpaired) electrons. The van der Waals surface area contributed by atoms with E-state index in [1.165, 1.54) is 0 Å². The maximum atomic E-state index is 12.9. The second-order valence-corrected chi connectivity index (χ2v) is 7.47. The number of pyridine rings is 3. The van der Waals surface area contributed by atoms with E-state index < -0.39 is 0 Å². The van der Waals surface area contributed by atoms with Gasteiger partial charge in [-0.2, -0.15) is 0 Å². The average Bonchev–Trinajstić information content (AvgIpc) is 3.25. The number of hydrogen-bond acceptors (Lipinski definition) is 8. The molecular weight excluding hydrogens is 394 g/mol. The molecule has 1 fully saturated rings. The number of hydrogen-bond donors (Lipinski definition) is 0. The summed E-state index contributed by atoms with van der Waals surface area (Å²) in [6.45, 7) is 2.90. The van der Waals surface area contributed by atoms with Gasteiger partial charge in [0.25, 0.3) is 0 Å². The van der Waals surface area contributed by atoms with Gasteiger partial charge in [-0.25, -0.2) is 4.98 Å². The molecule has 1 aliphatic heterocycles. The molecule has 4 aromatic heterocycles. The highest BCUT2D eigenvalue weighted by Gasteiger charge is 2.15. The SMILES string of the molecule is Cn1cc(-c2cnc3cnc(CC(=O)c4ccnc(N5CCOCC5)c4)cc3c2)nn1. The second-order valence-electron chi connectivity index (χ2n) is 7.47. The van der Waals surface area contributed by atoms with Crippen LogP contribution in [0.5, 0.6) is 0 Å². The predicted molar refractivity (Wildman–Crippen MR) is 115 cm³/mol. The lowest BCUT2D eigenvalue weighted by atomic mass is 10.1. The van der Waals surface area contributed by atoms with Gasteiger partial charge in [-0.3, -0.25) is 19.4 Å². The molecule has 156 valence electrons. The predicted octanol–water partition coefficient (Wildman–Crippen LogP) is 2.08. The van der Waals surface area contributed by atoms with Crippen molar-refractivity contribution in [3.8, 4) is 11.3 Å². The lowest BCUT2D eigenvalue weighted by Crippen LogP contribution is -2.36. The first kappa shape index (κ1) is 19.3. The number of carbonyl (C=O) groups excluding carboxylic acids is 1. The van der Waals surface area contributed by atoms with Gasteiger partial charge in [-0.1, -0.05) is 5.21 Å². The molecule has 0 unspecified atom stereocenters. The molecule has 4 aromatic rings. The number of aryl methyl sites for hydroxylation is 1. The van der Waals surface area contributed by atoms with Gasteiger partial charge in [-0.05, 0) is 24.3 Å². The summed E-state index contributed by atoms with van der Waals surface area (Å²) in [7, 11) is 1.82. The number of ether oxygens (including phenoxy) is 1. The highest BCUT2D eigenvalue weighted by atomic mass is 16.5. The number of morpholine rings is 1. The van der Waals surface area contributed by atoms with E-state index in [4.69, 9.17) is 4.74 Å². The van der Waals surface area contributed by atoms with Crippen molar-refractivity contribution in [1.29, 1.82) is 0 Å². The number of rotatable bonds is 5. The molecule has 0 aliphatic carbocycles. The van der Waals surface area contributed by atoms with Crippen LogP contribution in [0, 0.1) is 0 Å². The number of anilines is 1. The first-order valence-corrected chi connectivity index (χ1v) is 10.1. The highest BCUT2D eigenvalue weighted by molar-refractivity contribution is 5.98. The maximum Gasteiger partial charge on any atom is 0.169 e. The molecule has 9 nitrogen and oxygen atoms in total. The zero-order valence-electron chi connectivity index (χ0n) is 17.1. The van der Waals surface area contributed by atoms with E-state index in [1.54, 1.807) is 29.3 Å². The number of nitrogens with zero attached hydrogens (tertiary/aromatic N) is 7. The van der Waals surface area contributed by atoms with Crippen LogP contribution in [0.4, 0.5) is 5.82 Å². The van der Waals surface area contributed by atoms with Gasteiger partial charge >= 0.3 is 0 Å². The van der Waals surface area contributed by atoms with Crippen LogP contribution in [-0.4, -0.2) is 62.0 Å². The van der Waals surface area contributed by atoms with E-state index in [0.717, 1.165) is 41.1 Å². The summed E-state index contributed by atoms with van der Waals surface area (Å²) in [5.41, 5.74) is 3.71. The van der Waals surface area contributed by atoms with E-state index in [1.807, 2.05) is 31.4 Å². The number of fused-ring (bicyclic) bond motifs is 1. The molecule has 0 aromatic carbocycles. The Morgan fingerprint density at radius 1 is 1.10 bits per heavy atom. The Kier molecular flexibility index (Phi) is 5.09. The molecule has 1 aliphatic rings. The minimum Gasteiger partial charge on any atom is -0.378 e. The molecule has 9 heteroatoms.